The number of rotatable bonds is 1. The zero-order chi connectivity index (χ0) is 15.3. The summed E-state index contributed by atoms with van der Waals surface area (Å²) in [7, 11) is 0. The number of allylic oxidation sites excluding steroid dienone is 1. The fraction of sp³-hybridized carbons (Fsp3) is 0.333. The molecule has 1 aliphatic carbocycles. The second kappa shape index (κ2) is 5.01. The zero-order valence-electron chi connectivity index (χ0n) is 13.4. The Labute approximate surface area is 132 Å². The van der Waals surface area contributed by atoms with Gasteiger partial charge in [-0.3, -0.25) is 0 Å². The Morgan fingerprint density at radius 3 is 2.73 bits per heavy atom. The van der Waals surface area contributed by atoms with E-state index in [0.29, 0.717) is 12.0 Å². The molecule has 1 unspecified atom stereocenters. The van der Waals surface area contributed by atoms with Crippen molar-refractivity contribution in [3.05, 3.63) is 59.7 Å². The molecular weight excluding hydrogens is 266 g/mol. The van der Waals surface area contributed by atoms with E-state index in [0.717, 1.165) is 6.42 Å². The molecule has 0 fully saturated rings. The third-order valence-electron chi connectivity index (χ3n) is 5.13. The van der Waals surface area contributed by atoms with Gasteiger partial charge in [-0.2, -0.15) is 0 Å². The summed E-state index contributed by atoms with van der Waals surface area (Å²) in [5, 5.41) is 6.50. The third-order valence-corrected chi connectivity index (χ3v) is 5.13. The van der Waals surface area contributed by atoms with Gasteiger partial charge < -0.3 is 5.32 Å². The molecule has 2 aromatic rings. The summed E-state index contributed by atoms with van der Waals surface area (Å²) in [6, 6.07) is 13.6. The maximum atomic E-state index is 4.39. The molecule has 4 rings (SSSR count). The van der Waals surface area contributed by atoms with E-state index in [9.17, 15) is 0 Å². The second-order valence-electron chi connectivity index (χ2n) is 6.92. The predicted molar refractivity (Wildman–Crippen MR) is 96.1 cm³/mol. The van der Waals surface area contributed by atoms with E-state index in [1.165, 1.54) is 46.0 Å². The molecule has 0 radical (unpaired) electrons. The van der Waals surface area contributed by atoms with Crippen molar-refractivity contribution in [2.75, 3.05) is 5.32 Å². The van der Waals surface area contributed by atoms with Gasteiger partial charge in [0.25, 0.3) is 0 Å². The molecule has 112 valence electrons. The van der Waals surface area contributed by atoms with Crippen molar-refractivity contribution in [3.63, 3.8) is 0 Å². The van der Waals surface area contributed by atoms with Crippen molar-refractivity contribution in [2.45, 2.75) is 39.2 Å². The zero-order valence-corrected chi connectivity index (χ0v) is 13.4. The fourth-order valence-electron chi connectivity index (χ4n) is 4.09. The Morgan fingerprint density at radius 2 is 1.91 bits per heavy atom. The van der Waals surface area contributed by atoms with Crippen LogP contribution in [0.15, 0.2) is 54.1 Å². The highest BCUT2D eigenvalue weighted by atomic mass is 14.9. The van der Waals surface area contributed by atoms with Crippen LogP contribution in [-0.2, 0) is 0 Å². The molecular formula is C21H23N. The summed E-state index contributed by atoms with van der Waals surface area (Å²) in [5.74, 6) is 0.569. The molecule has 2 aromatic carbocycles. The average molecular weight is 289 g/mol. The quantitative estimate of drug-likeness (QED) is 0.701. The lowest BCUT2D eigenvalue weighted by Crippen LogP contribution is -2.34. The first kappa shape index (κ1) is 13.6. The fourth-order valence-corrected chi connectivity index (χ4v) is 4.09. The summed E-state index contributed by atoms with van der Waals surface area (Å²) >= 11 is 0. The molecule has 1 heteroatoms. The van der Waals surface area contributed by atoms with Crippen LogP contribution in [0.3, 0.4) is 0 Å². The standard InChI is InChI=1S/C21H23N/c1-13(2)21-19-14(3)7-6-10-17(19)20-16-9-5-4-8-15(16)11-12-18(20)22-21/h4-5,8-9,11-13,21-22H,3,6-7,10H2,1-2H3. The van der Waals surface area contributed by atoms with Crippen LogP contribution in [-0.4, -0.2) is 6.04 Å². The second-order valence-corrected chi connectivity index (χ2v) is 6.92. The van der Waals surface area contributed by atoms with Crippen LogP contribution < -0.4 is 5.32 Å². The Hall–Kier alpha value is -2.02. The van der Waals surface area contributed by atoms with Gasteiger partial charge in [0.2, 0.25) is 0 Å². The molecule has 0 amide bonds. The Kier molecular flexibility index (Phi) is 3.11. The van der Waals surface area contributed by atoms with Gasteiger partial charge >= 0.3 is 0 Å². The molecule has 0 bridgehead atoms. The Bertz CT molecular complexity index is 795. The first-order valence-corrected chi connectivity index (χ1v) is 8.36. The van der Waals surface area contributed by atoms with Crippen molar-refractivity contribution >= 4 is 22.0 Å². The summed E-state index contributed by atoms with van der Waals surface area (Å²) in [5.41, 5.74) is 7.09. The van der Waals surface area contributed by atoms with Crippen LogP contribution in [0.2, 0.25) is 0 Å². The predicted octanol–water partition coefficient (Wildman–Crippen LogP) is 5.78. The van der Waals surface area contributed by atoms with Gasteiger partial charge in [-0.15, -0.1) is 0 Å². The first-order chi connectivity index (χ1) is 10.7. The van der Waals surface area contributed by atoms with E-state index in [2.05, 4.69) is 62.1 Å². The van der Waals surface area contributed by atoms with Crippen LogP contribution in [0.1, 0.15) is 38.7 Å². The van der Waals surface area contributed by atoms with Crippen LogP contribution in [0.25, 0.3) is 16.3 Å². The average Bonchev–Trinajstić information content (AvgIpc) is 2.53. The minimum atomic E-state index is 0.400. The molecule has 0 spiro atoms. The van der Waals surface area contributed by atoms with E-state index in [1.807, 2.05) is 0 Å². The van der Waals surface area contributed by atoms with Crippen LogP contribution in [0, 0.1) is 5.92 Å². The molecule has 0 aromatic heterocycles. The molecule has 1 nitrogen and oxygen atoms in total. The summed E-state index contributed by atoms with van der Waals surface area (Å²) < 4.78 is 0. The monoisotopic (exact) mass is 289 g/mol. The highest BCUT2D eigenvalue weighted by Gasteiger charge is 2.32. The Morgan fingerprint density at radius 1 is 1.09 bits per heavy atom. The summed E-state index contributed by atoms with van der Waals surface area (Å²) in [6.07, 6.45) is 3.55. The van der Waals surface area contributed by atoms with E-state index < -0.39 is 0 Å². The lowest BCUT2D eigenvalue weighted by molar-refractivity contribution is 0.569. The van der Waals surface area contributed by atoms with Gasteiger partial charge in [-0.05, 0) is 58.7 Å². The normalized spacial score (nSPS) is 20.9. The molecule has 1 N–H and O–H groups in total. The number of benzene rings is 2. The number of anilines is 1. The lowest BCUT2D eigenvalue weighted by atomic mass is 9.74. The number of hydrogen-bond donors (Lipinski definition) is 1. The van der Waals surface area contributed by atoms with Crippen molar-refractivity contribution < 1.29 is 0 Å². The maximum Gasteiger partial charge on any atom is 0.0542 e. The molecule has 1 atom stereocenters. The van der Waals surface area contributed by atoms with Crippen LogP contribution in [0.5, 0.6) is 0 Å². The van der Waals surface area contributed by atoms with Gasteiger partial charge in [0.15, 0.2) is 0 Å². The van der Waals surface area contributed by atoms with Crippen molar-refractivity contribution in [3.8, 4) is 0 Å². The van der Waals surface area contributed by atoms with Gasteiger partial charge in [0.1, 0.15) is 0 Å². The van der Waals surface area contributed by atoms with E-state index in [-0.39, 0.29) is 0 Å². The highest BCUT2D eigenvalue weighted by molar-refractivity contribution is 6.02. The first-order valence-electron chi connectivity index (χ1n) is 8.36. The van der Waals surface area contributed by atoms with E-state index in [1.54, 1.807) is 5.57 Å². The topological polar surface area (TPSA) is 12.0 Å². The van der Waals surface area contributed by atoms with Crippen LogP contribution in [0.4, 0.5) is 5.69 Å². The summed E-state index contributed by atoms with van der Waals surface area (Å²) in [4.78, 5) is 0. The third kappa shape index (κ3) is 1.92. The van der Waals surface area contributed by atoms with E-state index in [4.69, 9.17) is 0 Å². The molecule has 2 aliphatic rings. The lowest BCUT2D eigenvalue weighted by Gasteiger charge is -2.38. The molecule has 1 aliphatic heterocycles. The van der Waals surface area contributed by atoms with Crippen LogP contribution >= 0.6 is 0 Å². The molecule has 0 saturated heterocycles. The van der Waals surface area contributed by atoms with Gasteiger partial charge in [0, 0.05) is 11.3 Å². The molecule has 0 saturated carbocycles. The maximum absolute atomic E-state index is 4.39. The van der Waals surface area contributed by atoms with Crippen molar-refractivity contribution in [1.82, 2.24) is 0 Å². The van der Waals surface area contributed by atoms with Crippen molar-refractivity contribution in [2.24, 2.45) is 5.92 Å². The minimum absolute atomic E-state index is 0.400. The largest absolute Gasteiger partial charge is 0.377 e. The molecule has 22 heavy (non-hydrogen) atoms. The van der Waals surface area contributed by atoms with Gasteiger partial charge in [-0.1, -0.05) is 50.8 Å². The molecule has 1 heterocycles. The SMILES string of the molecule is C=C1CCCC2=C1C(C(C)C)Nc1ccc3ccccc3c12. The highest BCUT2D eigenvalue weighted by Crippen LogP contribution is 2.47. The number of hydrogen-bond acceptors (Lipinski definition) is 1. The summed E-state index contributed by atoms with van der Waals surface area (Å²) in [6.45, 7) is 8.99. The van der Waals surface area contributed by atoms with Gasteiger partial charge in [-0.25, -0.2) is 0 Å². The minimum Gasteiger partial charge on any atom is -0.377 e. The van der Waals surface area contributed by atoms with Gasteiger partial charge in [0.05, 0.1) is 6.04 Å². The number of nitrogens with one attached hydrogen (secondary N) is 1. The Balaban J connectivity index is 2.04. The smallest absolute Gasteiger partial charge is 0.0542 e. The van der Waals surface area contributed by atoms with E-state index >= 15 is 0 Å². The van der Waals surface area contributed by atoms with Crippen molar-refractivity contribution in [1.29, 1.82) is 0 Å². The number of fused-ring (bicyclic) bond motifs is 4.